The summed E-state index contributed by atoms with van der Waals surface area (Å²) in [6.07, 6.45) is 11.0. The lowest BCUT2D eigenvalue weighted by Crippen LogP contribution is -2.63. The second-order valence-corrected chi connectivity index (χ2v) is 14.7. The number of methoxy groups -OCH3 is 1. The van der Waals surface area contributed by atoms with Crippen molar-refractivity contribution >= 4 is 0 Å². The van der Waals surface area contributed by atoms with Crippen LogP contribution < -0.4 is 0 Å². The fourth-order valence-corrected chi connectivity index (χ4v) is 10.2. The number of allylic oxidation sites excluding steroid dienone is 1. The molecular formula is C31H54O3. The number of rotatable bonds is 6. The van der Waals surface area contributed by atoms with Gasteiger partial charge in [-0.15, -0.1) is 0 Å². The quantitative estimate of drug-likeness (QED) is 0.402. The zero-order valence-electron chi connectivity index (χ0n) is 23.5. The minimum absolute atomic E-state index is 0.0232. The third-order valence-electron chi connectivity index (χ3n) is 13.0. The molecule has 0 bridgehead atoms. The van der Waals surface area contributed by atoms with Crippen LogP contribution in [0.5, 0.6) is 0 Å². The van der Waals surface area contributed by atoms with E-state index in [-0.39, 0.29) is 11.5 Å². The van der Waals surface area contributed by atoms with Gasteiger partial charge in [-0.05, 0) is 123 Å². The van der Waals surface area contributed by atoms with Crippen LogP contribution in [0.25, 0.3) is 0 Å². The molecule has 1 unspecified atom stereocenters. The standard InChI is InChI=1S/C31H54O3/c1-20(10-13-26(33)28(4,5)34-9)21-14-18-30(7)22(21)11-12-24-29(6)17-16-25(32)27(2,3)23(29)15-19-31(24,30)8/h21-26,32-33H,1,10-19H2,2-9H3/t21-,22-,23+,24-,25+,26?,29+,30-,31-/m1/s1. The minimum atomic E-state index is -0.508. The van der Waals surface area contributed by atoms with Gasteiger partial charge >= 0.3 is 0 Å². The molecule has 0 spiro atoms. The van der Waals surface area contributed by atoms with Crippen molar-refractivity contribution < 1.29 is 14.9 Å². The van der Waals surface area contributed by atoms with Crippen molar-refractivity contribution in [2.75, 3.05) is 7.11 Å². The summed E-state index contributed by atoms with van der Waals surface area (Å²) in [5.74, 6) is 2.69. The van der Waals surface area contributed by atoms with E-state index in [0.717, 1.165) is 31.1 Å². The van der Waals surface area contributed by atoms with Crippen molar-refractivity contribution in [3.05, 3.63) is 12.2 Å². The molecular weight excluding hydrogens is 420 g/mol. The largest absolute Gasteiger partial charge is 0.393 e. The lowest BCUT2D eigenvalue weighted by molar-refractivity contribution is -0.220. The van der Waals surface area contributed by atoms with Crippen LogP contribution in [-0.2, 0) is 4.74 Å². The van der Waals surface area contributed by atoms with Crippen molar-refractivity contribution in [2.24, 2.45) is 45.3 Å². The highest BCUT2D eigenvalue weighted by Gasteiger charge is 2.68. The van der Waals surface area contributed by atoms with Crippen molar-refractivity contribution in [3.8, 4) is 0 Å². The number of fused-ring (bicyclic) bond motifs is 5. The summed E-state index contributed by atoms with van der Waals surface area (Å²) in [6.45, 7) is 21.1. The number of aliphatic hydroxyl groups is 2. The fourth-order valence-electron chi connectivity index (χ4n) is 10.2. The second-order valence-electron chi connectivity index (χ2n) is 14.7. The average Bonchev–Trinajstić information content (AvgIpc) is 3.13. The molecule has 34 heavy (non-hydrogen) atoms. The predicted molar refractivity (Wildman–Crippen MR) is 140 cm³/mol. The first-order valence-corrected chi connectivity index (χ1v) is 14.2. The molecule has 9 atom stereocenters. The van der Waals surface area contributed by atoms with E-state index in [4.69, 9.17) is 4.74 Å². The smallest absolute Gasteiger partial charge is 0.0880 e. The summed E-state index contributed by atoms with van der Waals surface area (Å²) < 4.78 is 5.51. The van der Waals surface area contributed by atoms with Gasteiger partial charge in [-0.2, -0.15) is 0 Å². The fraction of sp³-hybridized carbons (Fsp3) is 0.935. The molecule has 0 aromatic carbocycles. The van der Waals surface area contributed by atoms with Gasteiger partial charge in [-0.25, -0.2) is 0 Å². The molecule has 3 heteroatoms. The number of ether oxygens (including phenoxy) is 1. The highest BCUT2D eigenvalue weighted by molar-refractivity contribution is 5.20. The molecule has 4 fully saturated rings. The van der Waals surface area contributed by atoms with Crippen LogP contribution in [-0.4, -0.2) is 35.1 Å². The van der Waals surface area contributed by atoms with Crippen LogP contribution in [0.15, 0.2) is 12.2 Å². The lowest BCUT2D eigenvalue weighted by Gasteiger charge is -2.69. The zero-order chi connectivity index (χ0) is 25.3. The number of aliphatic hydroxyl groups excluding tert-OH is 2. The van der Waals surface area contributed by atoms with Gasteiger partial charge < -0.3 is 14.9 Å². The molecule has 4 aliphatic carbocycles. The topological polar surface area (TPSA) is 49.7 Å². The molecule has 2 N–H and O–H groups in total. The van der Waals surface area contributed by atoms with Crippen LogP contribution in [0, 0.1) is 45.3 Å². The van der Waals surface area contributed by atoms with E-state index in [2.05, 4.69) is 41.2 Å². The first kappa shape index (κ1) is 26.7. The third-order valence-corrected chi connectivity index (χ3v) is 13.0. The van der Waals surface area contributed by atoms with Gasteiger partial charge in [-0.1, -0.05) is 46.8 Å². The monoisotopic (exact) mass is 474 g/mol. The molecule has 4 aliphatic rings. The summed E-state index contributed by atoms with van der Waals surface area (Å²) in [5, 5.41) is 21.5. The summed E-state index contributed by atoms with van der Waals surface area (Å²) >= 11 is 0. The summed E-state index contributed by atoms with van der Waals surface area (Å²) in [4.78, 5) is 0. The minimum Gasteiger partial charge on any atom is -0.393 e. The van der Waals surface area contributed by atoms with E-state index >= 15 is 0 Å². The maximum Gasteiger partial charge on any atom is 0.0880 e. The zero-order valence-corrected chi connectivity index (χ0v) is 23.5. The normalized spacial score (nSPS) is 46.8. The van der Waals surface area contributed by atoms with Crippen LogP contribution in [0.4, 0.5) is 0 Å². The molecule has 0 radical (unpaired) electrons. The van der Waals surface area contributed by atoms with Crippen LogP contribution >= 0.6 is 0 Å². The number of hydrogen-bond acceptors (Lipinski definition) is 3. The van der Waals surface area contributed by atoms with Crippen LogP contribution in [0.3, 0.4) is 0 Å². The van der Waals surface area contributed by atoms with Crippen molar-refractivity contribution in [2.45, 2.75) is 130 Å². The van der Waals surface area contributed by atoms with E-state index in [9.17, 15) is 10.2 Å². The van der Waals surface area contributed by atoms with Crippen molar-refractivity contribution in [1.82, 2.24) is 0 Å². The van der Waals surface area contributed by atoms with Gasteiger partial charge in [0.15, 0.2) is 0 Å². The summed E-state index contributed by atoms with van der Waals surface area (Å²) in [7, 11) is 1.68. The Morgan fingerprint density at radius 2 is 1.59 bits per heavy atom. The molecule has 0 heterocycles. The molecule has 4 saturated carbocycles. The van der Waals surface area contributed by atoms with Crippen LogP contribution in [0.2, 0.25) is 0 Å². The highest BCUT2D eigenvalue weighted by Crippen LogP contribution is 2.75. The molecule has 0 aromatic heterocycles. The van der Waals surface area contributed by atoms with E-state index in [1.807, 2.05) is 13.8 Å². The van der Waals surface area contributed by atoms with Crippen molar-refractivity contribution in [3.63, 3.8) is 0 Å². The first-order valence-electron chi connectivity index (χ1n) is 14.2. The Labute approximate surface area is 210 Å². The summed E-state index contributed by atoms with van der Waals surface area (Å²) in [5.41, 5.74) is 1.95. The third kappa shape index (κ3) is 3.69. The molecule has 0 aromatic rings. The molecule has 4 rings (SSSR count). The Morgan fingerprint density at radius 3 is 2.24 bits per heavy atom. The van der Waals surface area contributed by atoms with E-state index in [1.54, 1.807) is 7.11 Å². The molecule has 196 valence electrons. The Hall–Kier alpha value is -0.380. The maximum atomic E-state index is 10.9. The van der Waals surface area contributed by atoms with Gasteiger partial charge in [0, 0.05) is 7.11 Å². The van der Waals surface area contributed by atoms with Crippen molar-refractivity contribution in [1.29, 1.82) is 0 Å². The lowest BCUT2D eigenvalue weighted by atomic mass is 9.35. The Morgan fingerprint density at radius 1 is 0.941 bits per heavy atom. The van der Waals surface area contributed by atoms with E-state index < -0.39 is 11.7 Å². The Bertz CT molecular complexity index is 786. The van der Waals surface area contributed by atoms with Gasteiger partial charge in [0.1, 0.15) is 0 Å². The molecule has 0 aliphatic heterocycles. The second kappa shape index (κ2) is 8.59. The summed E-state index contributed by atoms with van der Waals surface area (Å²) in [6, 6.07) is 0. The Kier molecular flexibility index (Phi) is 6.74. The van der Waals surface area contributed by atoms with Gasteiger partial charge in [0.05, 0.1) is 17.8 Å². The van der Waals surface area contributed by atoms with Gasteiger partial charge in [-0.3, -0.25) is 0 Å². The van der Waals surface area contributed by atoms with Gasteiger partial charge in [0.2, 0.25) is 0 Å². The average molecular weight is 475 g/mol. The SMILES string of the molecule is C=C(CCC(O)C(C)(C)OC)[C@H]1CC[C@]2(C)[C@@H]1CC[C@@H]1[C@@]3(C)CC[C@H](O)C(C)(C)[C@@H]3CC[C@]12C. The first-order chi connectivity index (χ1) is 15.6. The molecule has 0 saturated heterocycles. The highest BCUT2D eigenvalue weighted by atomic mass is 16.5. The predicted octanol–water partition coefficient (Wildman–Crippen LogP) is 7.15. The number of hydrogen-bond donors (Lipinski definition) is 2. The maximum absolute atomic E-state index is 10.9. The van der Waals surface area contributed by atoms with Crippen LogP contribution in [0.1, 0.15) is 113 Å². The van der Waals surface area contributed by atoms with Gasteiger partial charge in [0.25, 0.3) is 0 Å². The van der Waals surface area contributed by atoms with E-state index in [0.29, 0.717) is 28.1 Å². The molecule has 0 amide bonds. The van der Waals surface area contributed by atoms with E-state index in [1.165, 1.54) is 50.5 Å². The Balaban J connectivity index is 1.53. The molecule has 3 nitrogen and oxygen atoms in total.